The van der Waals surface area contributed by atoms with Crippen molar-refractivity contribution in [1.82, 2.24) is 10.3 Å². The van der Waals surface area contributed by atoms with Crippen molar-refractivity contribution in [3.8, 4) is 5.75 Å². The fourth-order valence-corrected chi connectivity index (χ4v) is 3.02. The molecule has 0 spiro atoms. The number of hydrogen-bond donors (Lipinski definition) is 1. The molecule has 1 unspecified atom stereocenters. The lowest BCUT2D eigenvalue weighted by molar-refractivity contribution is 0.338. The first-order valence-electron chi connectivity index (χ1n) is 6.62. The lowest BCUT2D eigenvalue weighted by Crippen LogP contribution is -2.21. The van der Waals surface area contributed by atoms with Crippen LogP contribution in [0, 0.1) is 6.92 Å². The second-order valence-corrected chi connectivity index (χ2v) is 5.65. The SMILES string of the molecule is CCNC(c1cncc(OCC)c1)c1ccc(C)s1. The average molecular weight is 276 g/mol. The number of aromatic nitrogens is 1. The molecule has 1 N–H and O–H groups in total. The van der Waals surface area contributed by atoms with Crippen LogP contribution in [0.15, 0.2) is 30.6 Å². The number of hydrogen-bond acceptors (Lipinski definition) is 4. The highest BCUT2D eigenvalue weighted by atomic mass is 32.1. The van der Waals surface area contributed by atoms with Gasteiger partial charge in [0.05, 0.1) is 18.8 Å². The third-order valence-corrected chi connectivity index (χ3v) is 3.90. The van der Waals surface area contributed by atoms with E-state index in [1.807, 2.05) is 24.5 Å². The maximum atomic E-state index is 5.53. The van der Waals surface area contributed by atoms with Gasteiger partial charge in [-0.05, 0) is 44.2 Å². The predicted molar refractivity (Wildman–Crippen MR) is 80.0 cm³/mol. The summed E-state index contributed by atoms with van der Waals surface area (Å²) in [6, 6.07) is 6.60. The fraction of sp³-hybridized carbons (Fsp3) is 0.400. The van der Waals surface area contributed by atoms with Crippen LogP contribution in [0.4, 0.5) is 0 Å². The molecule has 0 amide bonds. The highest BCUT2D eigenvalue weighted by molar-refractivity contribution is 7.12. The Labute approximate surface area is 118 Å². The van der Waals surface area contributed by atoms with Crippen molar-refractivity contribution < 1.29 is 4.74 Å². The summed E-state index contributed by atoms with van der Waals surface area (Å²) < 4.78 is 5.53. The zero-order valence-corrected chi connectivity index (χ0v) is 12.5. The Kier molecular flexibility index (Phi) is 4.93. The second kappa shape index (κ2) is 6.68. The maximum absolute atomic E-state index is 5.53. The van der Waals surface area contributed by atoms with E-state index in [1.54, 1.807) is 6.20 Å². The highest BCUT2D eigenvalue weighted by Gasteiger charge is 2.15. The standard InChI is InChI=1S/C15H20N2OS/c1-4-17-15(14-7-6-11(3)19-14)12-8-13(18-5-2)10-16-9-12/h6-10,15,17H,4-5H2,1-3H3. The first kappa shape index (κ1) is 14.0. The van der Waals surface area contributed by atoms with Crippen LogP contribution in [-0.2, 0) is 0 Å². The molecule has 0 aliphatic rings. The van der Waals surface area contributed by atoms with Gasteiger partial charge < -0.3 is 10.1 Å². The van der Waals surface area contributed by atoms with Gasteiger partial charge in [0.15, 0.2) is 0 Å². The Morgan fingerprint density at radius 3 is 2.79 bits per heavy atom. The monoisotopic (exact) mass is 276 g/mol. The van der Waals surface area contributed by atoms with Crippen LogP contribution in [0.2, 0.25) is 0 Å². The van der Waals surface area contributed by atoms with Gasteiger partial charge in [-0.25, -0.2) is 0 Å². The Hall–Kier alpha value is -1.39. The van der Waals surface area contributed by atoms with E-state index in [2.05, 4.69) is 42.3 Å². The van der Waals surface area contributed by atoms with Crippen molar-refractivity contribution in [3.05, 3.63) is 45.9 Å². The maximum Gasteiger partial charge on any atom is 0.137 e. The van der Waals surface area contributed by atoms with Gasteiger partial charge in [0, 0.05) is 16.0 Å². The van der Waals surface area contributed by atoms with Gasteiger partial charge in [0.1, 0.15) is 5.75 Å². The highest BCUT2D eigenvalue weighted by Crippen LogP contribution is 2.29. The lowest BCUT2D eigenvalue weighted by atomic mass is 10.1. The van der Waals surface area contributed by atoms with E-state index in [0.29, 0.717) is 6.61 Å². The van der Waals surface area contributed by atoms with E-state index < -0.39 is 0 Å². The number of pyridine rings is 1. The average Bonchev–Trinajstić information content (AvgIpc) is 2.83. The molecule has 0 aliphatic heterocycles. The molecule has 0 aromatic carbocycles. The normalized spacial score (nSPS) is 12.4. The Morgan fingerprint density at radius 2 is 2.16 bits per heavy atom. The summed E-state index contributed by atoms with van der Waals surface area (Å²) in [4.78, 5) is 6.92. The molecule has 0 bridgehead atoms. The van der Waals surface area contributed by atoms with E-state index in [0.717, 1.165) is 17.9 Å². The molecule has 2 aromatic heterocycles. The molecular formula is C15H20N2OS. The summed E-state index contributed by atoms with van der Waals surface area (Å²) in [6.07, 6.45) is 3.67. The number of nitrogens with one attached hydrogen (secondary N) is 1. The minimum absolute atomic E-state index is 0.191. The van der Waals surface area contributed by atoms with Crippen molar-refractivity contribution >= 4 is 11.3 Å². The molecular weight excluding hydrogens is 256 g/mol. The summed E-state index contributed by atoms with van der Waals surface area (Å²) >= 11 is 1.82. The zero-order chi connectivity index (χ0) is 13.7. The van der Waals surface area contributed by atoms with Crippen molar-refractivity contribution in [1.29, 1.82) is 0 Å². The van der Waals surface area contributed by atoms with E-state index in [9.17, 15) is 0 Å². The van der Waals surface area contributed by atoms with Crippen molar-refractivity contribution in [3.63, 3.8) is 0 Å². The van der Waals surface area contributed by atoms with Gasteiger partial charge in [-0.2, -0.15) is 0 Å². The Bertz CT molecular complexity index is 524. The van der Waals surface area contributed by atoms with Crippen molar-refractivity contribution in [2.24, 2.45) is 0 Å². The molecule has 3 nitrogen and oxygen atoms in total. The second-order valence-electron chi connectivity index (χ2n) is 4.33. The minimum atomic E-state index is 0.191. The number of nitrogens with zero attached hydrogens (tertiary/aromatic N) is 1. The first-order valence-corrected chi connectivity index (χ1v) is 7.43. The zero-order valence-electron chi connectivity index (χ0n) is 11.6. The minimum Gasteiger partial charge on any atom is -0.492 e. The van der Waals surface area contributed by atoms with Crippen LogP contribution in [0.5, 0.6) is 5.75 Å². The van der Waals surface area contributed by atoms with Gasteiger partial charge in [-0.3, -0.25) is 4.98 Å². The molecule has 2 heterocycles. The largest absolute Gasteiger partial charge is 0.492 e. The van der Waals surface area contributed by atoms with E-state index in [-0.39, 0.29) is 6.04 Å². The molecule has 4 heteroatoms. The summed E-state index contributed by atoms with van der Waals surface area (Å²) in [5.41, 5.74) is 1.15. The molecule has 19 heavy (non-hydrogen) atoms. The smallest absolute Gasteiger partial charge is 0.137 e. The van der Waals surface area contributed by atoms with Gasteiger partial charge in [-0.15, -0.1) is 11.3 Å². The lowest BCUT2D eigenvalue weighted by Gasteiger charge is -2.17. The molecule has 2 rings (SSSR count). The third kappa shape index (κ3) is 3.55. The Morgan fingerprint density at radius 1 is 1.32 bits per heavy atom. The van der Waals surface area contributed by atoms with Gasteiger partial charge in [0.25, 0.3) is 0 Å². The van der Waals surface area contributed by atoms with Crippen LogP contribution in [0.25, 0.3) is 0 Å². The predicted octanol–water partition coefficient (Wildman–Crippen LogP) is 3.55. The van der Waals surface area contributed by atoms with Crippen molar-refractivity contribution in [2.75, 3.05) is 13.2 Å². The summed E-state index contributed by atoms with van der Waals surface area (Å²) in [5, 5.41) is 3.51. The van der Waals surface area contributed by atoms with Gasteiger partial charge >= 0.3 is 0 Å². The Balaban J connectivity index is 2.30. The summed E-state index contributed by atoms with van der Waals surface area (Å²) in [5.74, 6) is 0.830. The first-order chi connectivity index (χ1) is 9.24. The molecule has 0 saturated carbocycles. The molecule has 0 saturated heterocycles. The topological polar surface area (TPSA) is 34.2 Å². The molecule has 0 aliphatic carbocycles. The molecule has 0 radical (unpaired) electrons. The van der Waals surface area contributed by atoms with Crippen LogP contribution in [0.3, 0.4) is 0 Å². The molecule has 2 aromatic rings. The van der Waals surface area contributed by atoms with E-state index in [1.165, 1.54) is 9.75 Å². The van der Waals surface area contributed by atoms with Crippen LogP contribution < -0.4 is 10.1 Å². The quantitative estimate of drug-likeness (QED) is 0.876. The number of thiophene rings is 1. The van der Waals surface area contributed by atoms with Crippen LogP contribution in [0.1, 0.15) is 35.2 Å². The van der Waals surface area contributed by atoms with Crippen LogP contribution >= 0.6 is 11.3 Å². The molecule has 102 valence electrons. The van der Waals surface area contributed by atoms with E-state index in [4.69, 9.17) is 4.74 Å². The number of ether oxygens (including phenoxy) is 1. The number of aryl methyl sites for hydroxylation is 1. The van der Waals surface area contributed by atoms with Crippen molar-refractivity contribution in [2.45, 2.75) is 26.8 Å². The number of rotatable bonds is 6. The van der Waals surface area contributed by atoms with Gasteiger partial charge in [0.2, 0.25) is 0 Å². The van der Waals surface area contributed by atoms with E-state index >= 15 is 0 Å². The molecule has 1 atom stereocenters. The fourth-order valence-electron chi connectivity index (χ4n) is 2.03. The summed E-state index contributed by atoms with van der Waals surface area (Å²) in [7, 11) is 0. The summed E-state index contributed by atoms with van der Waals surface area (Å²) in [6.45, 7) is 7.81. The van der Waals surface area contributed by atoms with Crippen LogP contribution in [-0.4, -0.2) is 18.1 Å². The third-order valence-electron chi connectivity index (χ3n) is 2.83. The molecule has 0 fully saturated rings. The van der Waals surface area contributed by atoms with Gasteiger partial charge in [-0.1, -0.05) is 6.92 Å².